The lowest BCUT2D eigenvalue weighted by molar-refractivity contribution is -0.158. The van der Waals surface area contributed by atoms with E-state index in [2.05, 4.69) is 0 Å². The van der Waals surface area contributed by atoms with E-state index < -0.39 is 11.7 Å². The van der Waals surface area contributed by atoms with Crippen LogP contribution >= 0.6 is 0 Å². The van der Waals surface area contributed by atoms with Crippen LogP contribution < -0.4 is 0 Å². The summed E-state index contributed by atoms with van der Waals surface area (Å²) >= 11 is 0. The molecular formula is C20H28O5. The summed E-state index contributed by atoms with van der Waals surface area (Å²) in [6.45, 7) is 9.18. The number of allylic oxidation sites excluding steroid dienone is 2. The molecule has 0 bridgehead atoms. The first-order valence-electron chi connectivity index (χ1n) is 9.11. The van der Waals surface area contributed by atoms with Crippen molar-refractivity contribution in [2.24, 2.45) is 23.7 Å². The van der Waals surface area contributed by atoms with Crippen LogP contribution in [0.5, 0.6) is 0 Å². The van der Waals surface area contributed by atoms with Crippen LogP contribution in [0.3, 0.4) is 0 Å². The quantitative estimate of drug-likeness (QED) is 0.472. The number of carbonyl (C=O) groups excluding carboxylic acids is 2. The number of hydrogen-bond acceptors (Lipinski definition) is 5. The van der Waals surface area contributed by atoms with Crippen molar-refractivity contribution < 1.29 is 24.2 Å². The van der Waals surface area contributed by atoms with Gasteiger partial charge in [-0.2, -0.15) is 0 Å². The zero-order chi connectivity index (χ0) is 18.5. The largest absolute Gasteiger partial charge is 0.458 e. The molecule has 2 fully saturated rings. The number of hydrogen-bond donors (Lipinski definition) is 1. The molecule has 0 aromatic rings. The number of ether oxygens (including phenoxy) is 2. The fourth-order valence-electron chi connectivity index (χ4n) is 4.65. The highest BCUT2D eigenvalue weighted by Gasteiger charge is 2.57. The number of esters is 2. The predicted molar refractivity (Wildman–Crippen MR) is 92.4 cm³/mol. The summed E-state index contributed by atoms with van der Waals surface area (Å²) in [7, 11) is 0. The van der Waals surface area contributed by atoms with Crippen LogP contribution in [-0.4, -0.2) is 34.9 Å². The van der Waals surface area contributed by atoms with Crippen molar-refractivity contribution in [2.45, 2.75) is 65.3 Å². The molecule has 3 aliphatic rings. The fraction of sp³-hybridized carbons (Fsp3) is 0.700. The number of aliphatic hydroxyl groups is 1. The van der Waals surface area contributed by atoms with Gasteiger partial charge in [0.15, 0.2) is 0 Å². The van der Waals surface area contributed by atoms with Crippen molar-refractivity contribution in [2.75, 3.05) is 0 Å². The summed E-state index contributed by atoms with van der Waals surface area (Å²) in [5.41, 5.74) is 0.531. The first kappa shape index (κ1) is 18.2. The van der Waals surface area contributed by atoms with E-state index in [1.165, 1.54) is 0 Å². The number of carbonyl (C=O) groups is 2. The topological polar surface area (TPSA) is 72.8 Å². The molecule has 0 amide bonds. The van der Waals surface area contributed by atoms with Gasteiger partial charge in [0.25, 0.3) is 0 Å². The third-order valence-corrected chi connectivity index (χ3v) is 6.59. The monoisotopic (exact) mass is 348 g/mol. The molecule has 2 aliphatic carbocycles. The zero-order valence-corrected chi connectivity index (χ0v) is 15.6. The molecule has 1 saturated heterocycles. The molecule has 25 heavy (non-hydrogen) atoms. The Balaban J connectivity index is 1.87. The van der Waals surface area contributed by atoms with Gasteiger partial charge in [0, 0.05) is 11.5 Å². The maximum absolute atomic E-state index is 12.2. The minimum atomic E-state index is -1.12. The zero-order valence-electron chi connectivity index (χ0n) is 15.6. The lowest BCUT2D eigenvalue weighted by Crippen LogP contribution is -2.44. The molecule has 0 radical (unpaired) electrons. The highest BCUT2D eigenvalue weighted by molar-refractivity contribution is 5.87. The molecule has 7 atom stereocenters. The summed E-state index contributed by atoms with van der Waals surface area (Å²) in [5, 5.41) is 11.2. The third kappa shape index (κ3) is 2.92. The molecule has 0 spiro atoms. The van der Waals surface area contributed by atoms with Gasteiger partial charge in [-0.15, -0.1) is 0 Å². The van der Waals surface area contributed by atoms with Crippen LogP contribution in [0.2, 0.25) is 0 Å². The third-order valence-electron chi connectivity index (χ3n) is 6.59. The van der Waals surface area contributed by atoms with E-state index >= 15 is 0 Å². The number of fused-ring (bicyclic) bond motifs is 2. The van der Waals surface area contributed by atoms with Gasteiger partial charge in [0.05, 0.1) is 5.92 Å². The normalized spacial score (nSPS) is 43.7. The minimum absolute atomic E-state index is 0.0561. The van der Waals surface area contributed by atoms with E-state index in [9.17, 15) is 14.7 Å². The Labute approximate surface area is 149 Å². The van der Waals surface area contributed by atoms with Crippen molar-refractivity contribution in [1.82, 2.24) is 0 Å². The van der Waals surface area contributed by atoms with Crippen LogP contribution in [0.15, 0.2) is 23.3 Å². The van der Waals surface area contributed by atoms with Gasteiger partial charge in [-0.05, 0) is 58.4 Å². The lowest BCUT2D eigenvalue weighted by Gasteiger charge is -2.33. The molecule has 7 unspecified atom stereocenters. The maximum Gasteiger partial charge on any atom is 0.333 e. The summed E-state index contributed by atoms with van der Waals surface area (Å²) in [6, 6.07) is 0. The van der Waals surface area contributed by atoms with E-state index in [-0.39, 0.29) is 41.7 Å². The highest BCUT2D eigenvalue weighted by atomic mass is 16.6. The molecule has 138 valence electrons. The van der Waals surface area contributed by atoms with Gasteiger partial charge in [-0.25, -0.2) is 4.79 Å². The van der Waals surface area contributed by atoms with Crippen LogP contribution in [-0.2, 0) is 19.1 Å². The Morgan fingerprint density at radius 2 is 2.12 bits per heavy atom. The Morgan fingerprint density at radius 1 is 1.44 bits per heavy atom. The summed E-state index contributed by atoms with van der Waals surface area (Å²) < 4.78 is 11.1. The van der Waals surface area contributed by atoms with E-state index in [0.29, 0.717) is 18.4 Å². The molecule has 5 heteroatoms. The summed E-state index contributed by atoms with van der Waals surface area (Å²) in [5.74, 6) is -0.570. The molecule has 1 aliphatic heterocycles. The second-order valence-corrected chi connectivity index (χ2v) is 8.04. The first-order valence-corrected chi connectivity index (χ1v) is 9.11. The van der Waals surface area contributed by atoms with Gasteiger partial charge < -0.3 is 14.6 Å². The van der Waals surface area contributed by atoms with Gasteiger partial charge in [0.1, 0.15) is 17.8 Å². The van der Waals surface area contributed by atoms with Gasteiger partial charge in [0.2, 0.25) is 0 Å². The molecule has 0 aromatic carbocycles. The smallest absolute Gasteiger partial charge is 0.333 e. The van der Waals surface area contributed by atoms with E-state index in [0.717, 1.165) is 5.57 Å². The average molecular weight is 348 g/mol. The molecular weight excluding hydrogens is 320 g/mol. The summed E-state index contributed by atoms with van der Waals surface area (Å²) in [4.78, 5) is 24.1. The summed E-state index contributed by atoms with van der Waals surface area (Å²) in [6.07, 6.45) is 4.30. The van der Waals surface area contributed by atoms with Crippen LogP contribution in [0.1, 0.15) is 47.5 Å². The van der Waals surface area contributed by atoms with E-state index in [1.807, 2.05) is 19.9 Å². The van der Waals surface area contributed by atoms with Gasteiger partial charge in [-0.1, -0.05) is 18.6 Å². The molecule has 5 nitrogen and oxygen atoms in total. The lowest BCUT2D eigenvalue weighted by atomic mass is 9.76. The molecule has 0 aromatic heterocycles. The SMILES string of the molecule is CC=C(C)C(=O)OC1CC2C(C)=CC3OC(=O)C(C)C3CC2C1(C)O. The van der Waals surface area contributed by atoms with E-state index in [1.54, 1.807) is 26.8 Å². The Bertz CT molecular complexity index is 644. The Morgan fingerprint density at radius 3 is 2.76 bits per heavy atom. The van der Waals surface area contributed by atoms with Crippen LogP contribution in [0.4, 0.5) is 0 Å². The van der Waals surface area contributed by atoms with Gasteiger partial charge in [-0.3, -0.25) is 4.79 Å². The van der Waals surface area contributed by atoms with Crippen molar-refractivity contribution >= 4 is 11.9 Å². The molecule has 1 saturated carbocycles. The second kappa shape index (κ2) is 6.27. The number of rotatable bonds is 2. The van der Waals surface area contributed by atoms with Crippen molar-refractivity contribution in [3.63, 3.8) is 0 Å². The Kier molecular flexibility index (Phi) is 4.56. The average Bonchev–Trinajstić information content (AvgIpc) is 2.89. The van der Waals surface area contributed by atoms with Crippen LogP contribution in [0, 0.1) is 23.7 Å². The first-order chi connectivity index (χ1) is 11.7. The molecule has 1 heterocycles. The second-order valence-electron chi connectivity index (χ2n) is 8.04. The van der Waals surface area contributed by atoms with Crippen molar-refractivity contribution in [3.8, 4) is 0 Å². The standard InChI is InChI=1S/C20H28O5/c1-6-10(2)18(21)25-17-9-13-11(3)7-16-14(12(4)19(22)24-16)8-15(13)20(17,5)23/h6-7,12-17,23H,8-9H2,1-5H3. The molecule has 1 N–H and O–H groups in total. The van der Waals surface area contributed by atoms with Crippen molar-refractivity contribution in [3.05, 3.63) is 23.3 Å². The Hall–Kier alpha value is -1.62. The van der Waals surface area contributed by atoms with Crippen molar-refractivity contribution in [1.29, 1.82) is 0 Å². The minimum Gasteiger partial charge on any atom is -0.458 e. The predicted octanol–water partition coefficient (Wildman–Crippen LogP) is 2.78. The maximum atomic E-state index is 12.2. The fourth-order valence-corrected chi connectivity index (χ4v) is 4.65. The van der Waals surface area contributed by atoms with E-state index in [4.69, 9.17) is 9.47 Å². The molecule has 3 rings (SSSR count). The van der Waals surface area contributed by atoms with Gasteiger partial charge >= 0.3 is 11.9 Å². The van der Waals surface area contributed by atoms with Crippen LogP contribution in [0.25, 0.3) is 0 Å². The highest BCUT2D eigenvalue weighted by Crippen LogP contribution is 2.52.